The summed E-state index contributed by atoms with van der Waals surface area (Å²) in [5.74, 6) is -1.04. The lowest BCUT2D eigenvalue weighted by atomic mass is 10.1. The second-order valence-electron chi connectivity index (χ2n) is 7.83. The Labute approximate surface area is 210 Å². The van der Waals surface area contributed by atoms with Gasteiger partial charge in [0, 0.05) is 35.3 Å². The van der Waals surface area contributed by atoms with E-state index < -0.39 is 29.4 Å². The summed E-state index contributed by atoms with van der Waals surface area (Å²) in [7, 11) is 0. The molecule has 2 N–H and O–H groups in total. The lowest BCUT2D eigenvalue weighted by Gasteiger charge is -2.08. The van der Waals surface area contributed by atoms with E-state index in [1.54, 1.807) is 0 Å². The van der Waals surface area contributed by atoms with Gasteiger partial charge in [-0.3, -0.25) is 9.78 Å². The van der Waals surface area contributed by atoms with E-state index in [-0.39, 0.29) is 39.5 Å². The van der Waals surface area contributed by atoms with E-state index in [9.17, 15) is 31.1 Å². The van der Waals surface area contributed by atoms with Crippen LogP contribution in [0.25, 0.3) is 34.5 Å². The summed E-state index contributed by atoms with van der Waals surface area (Å²) in [5.41, 5.74) is 4.17. The minimum Gasteiger partial charge on any atom is -0.366 e. The van der Waals surface area contributed by atoms with Crippen LogP contribution in [0.2, 0.25) is 0 Å². The third-order valence-corrected chi connectivity index (χ3v) is 5.27. The van der Waals surface area contributed by atoms with Gasteiger partial charge in [-0.15, -0.1) is 5.10 Å². The van der Waals surface area contributed by atoms with Crippen LogP contribution < -0.4 is 5.73 Å². The number of halogens is 6. The SMILES string of the molecule is N#Cc1cncc(/C(=C\n2nc(-c3ccc(C(F)(F)F)cc3)nc2-c2ccc(C(F)(F)F)cc2)C(N)=O)c1. The van der Waals surface area contributed by atoms with Crippen molar-refractivity contribution in [3.63, 3.8) is 0 Å². The molecule has 0 spiro atoms. The van der Waals surface area contributed by atoms with Gasteiger partial charge in [-0.1, -0.05) is 24.3 Å². The van der Waals surface area contributed by atoms with Crippen LogP contribution in [0.1, 0.15) is 22.3 Å². The molecule has 0 saturated carbocycles. The number of nitriles is 1. The molecule has 2 aromatic heterocycles. The number of pyridine rings is 1. The molecule has 0 saturated heterocycles. The highest BCUT2D eigenvalue weighted by molar-refractivity contribution is 6.22. The molecule has 7 nitrogen and oxygen atoms in total. The quantitative estimate of drug-likeness (QED) is 0.276. The smallest absolute Gasteiger partial charge is 0.366 e. The minimum absolute atomic E-state index is 0.0308. The van der Waals surface area contributed by atoms with E-state index in [2.05, 4.69) is 15.1 Å². The average Bonchev–Trinajstić information content (AvgIpc) is 3.30. The van der Waals surface area contributed by atoms with Gasteiger partial charge in [-0.2, -0.15) is 31.6 Å². The molecule has 0 fully saturated rings. The zero-order valence-corrected chi connectivity index (χ0v) is 18.9. The molecule has 0 bridgehead atoms. The van der Waals surface area contributed by atoms with Crippen molar-refractivity contribution in [3.05, 3.63) is 89.2 Å². The van der Waals surface area contributed by atoms with Gasteiger partial charge in [0.25, 0.3) is 5.91 Å². The van der Waals surface area contributed by atoms with Gasteiger partial charge in [0.05, 0.1) is 22.3 Å². The molecule has 2 aromatic carbocycles. The summed E-state index contributed by atoms with van der Waals surface area (Å²) in [6.45, 7) is 0. The predicted octanol–water partition coefficient (Wildman–Crippen LogP) is 5.40. The molecule has 0 radical (unpaired) electrons. The molecule has 192 valence electrons. The molecular formula is C25H14F6N6O. The zero-order chi connectivity index (χ0) is 27.7. The summed E-state index contributed by atoms with van der Waals surface area (Å²) in [5, 5.41) is 13.4. The van der Waals surface area contributed by atoms with Crippen LogP contribution in [0.15, 0.2) is 67.0 Å². The summed E-state index contributed by atoms with van der Waals surface area (Å²) in [6, 6.07) is 11.1. The summed E-state index contributed by atoms with van der Waals surface area (Å²) in [4.78, 5) is 20.4. The summed E-state index contributed by atoms with van der Waals surface area (Å²) < 4.78 is 79.1. The highest BCUT2D eigenvalue weighted by atomic mass is 19.4. The van der Waals surface area contributed by atoms with Crippen molar-refractivity contribution in [1.29, 1.82) is 5.26 Å². The number of amides is 1. The van der Waals surface area contributed by atoms with Crippen molar-refractivity contribution >= 4 is 17.7 Å². The number of primary amides is 1. The lowest BCUT2D eigenvalue weighted by molar-refractivity contribution is -0.138. The average molecular weight is 528 g/mol. The van der Waals surface area contributed by atoms with E-state index in [0.717, 1.165) is 59.4 Å². The van der Waals surface area contributed by atoms with Gasteiger partial charge >= 0.3 is 12.4 Å². The third-order valence-electron chi connectivity index (χ3n) is 5.27. The Balaban J connectivity index is 1.88. The van der Waals surface area contributed by atoms with Crippen molar-refractivity contribution in [2.75, 3.05) is 0 Å². The molecule has 38 heavy (non-hydrogen) atoms. The van der Waals surface area contributed by atoms with Crippen molar-refractivity contribution < 1.29 is 31.1 Å². The standard InChI is InChI=1S/C25H14F6N6O/c26-24(27,28)18-5-1-15(2-6-18)22-35-23(16-3-7-19(8-4-16)25(29,30)31)37(36-22)13-20(21(33)38)17-9-14(10-32)11-34-12-17/h1-9,11-13H,(H2,33,38)/b20-13+. The number of hydrogen-bond donors (Lipinski definition) is 1. The maximum absolute atomic E-state index is 13.1. The number of benzene rings is 2. The highest BCUT2D eigenvalue weighted by Crippen LogP contribution is 2.33. The Morgan fingerprint density at radius 1 is 0.895 bits per heavy atom. The first-order valence-corrected chi connectivity index (χ1v) is 10.6. The molecule has 4 rings (SSSR count). The minimum atomic E-state index is -4.59. The Bertz CT molecular complexity index is 1560. The number of nitrogens with zero attached hydrogens (tertiary/aromatic N) is 5. The summed E-state index contributed by atoms with van der Waals surface area (Å²) >= 11 is 0. The van der Waals surface area contributed by atoms with Crippen molar-refractivity contribution in [2.45, 2.75) is 12.4 Å². The second-order valence-corrected chi connectivity index (χ2v) is 7.83. The number of rotatable bonds is 5. The Kier molecular flexibility index (Phi) is 6.74. The first-order valence-electron chi connectivity index (χ1n) is 10.6. The Morgan fingerprint density at radius 3 is 1.95 bits per heavy atom. The van der Waals surface area contributed by atoms with Gasteiger partial charge in [0.1, 0.15) is 6.07 Å². The van der Waals surface area contributed by atoms with Crippen LogP contribution in [0.5, 0.6) is 0 Å². The maximum atomic E-state index is 13.1. The fourth-order valence-electron chi connectivity index (χ4n) is 3.40. The topological polar surface area (TPSA) is 110 Å². The third kappa shape index (κ3) is 5.54. The molecule has 13 heteroatoms. The number of alkyl halides is 6. The van der Waals surface area contributed by atoms with Crippen LogP contribution in [-0.2, 0) is 17.1 Å². The first-order chi connectivity index (χ1) is 17.9. The molecule has 4 aromatic rings. The molecular weight excluding hydrogens is 514 g/mol. The predicted molar refractivity (Wildman–Crippen MR) is 123 cm³/mol. The van der Waals surface area contributed by atoms with E-state index >= 15 is 0 Å². The van der Waals surface area contributed by atoms with Crippen LogP contribution >= 0.6 is 0 Å². The molecule has 2 heterocycles. The largest absolute Gasteiger partial charge is 0.416 e. The number of aromatic nitrogens is 4. The van der Waals surface area contributed by atoms with Crippen LogP contribution in [0, 0.1) is 11.3 Å². The van der Waals surface area contributed by atoms with Crippen LogP contribution in [0.3, 0.4) is 0 Å². The number of hydrogen-bond acceptors (Lipinski definition) is 5. The van der Waals surface area contributed by atoms with Gasteiger partial charge < -0.3 is 5.73 Å². The first kappa shape index (κ1) is 26.1. The van der Waals surface area contributed by atoms with E-state index in [1.165, 1.54) is 18.5 Å². The fraction of sp³-hybridized carbons (Fsp3) is 0.0800. The molecule has 1 amide bonds. The monoisotopic (exact) mass is 528 g/mol. The van der Waals surface area contributed by atoms with Gasteiger partial charge in [-0.25, -0.2) is 9.67 Å². The van der Waals surface area contributed by atoms with Crippen LogP contribution in [-0.4, -0.2) is 25.7 Å². The highest BCUT2D eigenvalue weighted by Gasteiger charge is 2.31. The van der Waals surface area contributed by atoms with Gasteiger partial charge in [0.2, 0.25) is 0 Å². The summed E-state index contributed by atoms with van der Waals surface area (Å²) in [6.07, 6.45) is -5.48. The molecule has 0 aliphatic rings. The van der Waals surface area contributed by atoms with E-state index in [0.29, 0.717) is 0 Å². The van der Waals surface area contributed by atoms with Crippen LogP contribution in [0.4, 0.5) is 26.3 Å². The lowest BCUT2D eigenvalue weighted by Crippen LogP contribution is -2.14. The zero-order valence-electron chi connectivity index (χ0n) is 18.9. The Hall–Kier alpha value is -4.99. The number of carbonyl (C=O) groups excluding carboxylic acids is 1. The normalized spacial score (nSPS) is 12.3. The number of nitrogens with two attached hydrogens (primary N) is 1. The fourth-order valence-corrected chi connectivity index (χ4v) is 3.40. The van der Waals surface area contributed by atoms with Gasteiger partial charge in [0.15, 0.2) is 11.6 Å². The molecule has 0 aliphatic carbocycles. The maximum Gasteiger partial charge on any atom is 0.416 e. The van der Waals surface area contributed by atoms with E-state index in [1.807, 2.05) is 6.07 Å². The number of carbonyl (C=O) groups is 1. The van der Waals surface area contributed by atoms with Crippen molar-refractivity contribution in [2.24, 2.45) is 5.73 Å². The molecule has 0 aliphatic heterocycles. The van der Waals surface area contributed by atoms with Crippen molar-refractivity contribution in [1.82, 2.24) is 19.7 Å². The molecule has 0 atom stereocenters. The van der Waals surface area contributed by atoms with Gasteiger partial charge in [-0.05, 0) is 30.3 Å². The van der Waals surface area contributed by atoms with Crippen molar-refractivity contribution in [3.8, 4) is 28.8 Å². The molecule has 0 unspecified atom stereocenters. The van der Waals surface area contributed by atoms with E-state index in [4.69, 9.17) is 11.0 Å². The Morgan fingerprint density at radius 2 is 1.45 bits per heavy atom. The second kappa shape index (κ2) is 9.81.